The van der Waals surface area contributed by atoms with E-state index in [1.807, 2.05) is 6.92 Å². The van der Waals surface area contributed by atoms with Crippen molar-refractivity contribution >= 4 is 21.7 Å². The lowest BCUT2D eigenvalue weighted by Crippen LogP contribution is -2.26. The smallest absolute Gasteiger partial charge is 0.213 e. The van der Waals surface area contributed by atoms with Crippen molar-refractivity contribution in [2.45, 2.75) is 13.5 Å². The Balaban J connectivity index is 2.60. The standard InChI is InChI=1S/C10H19N5O3S/c1-3-18-7-10-14-8(11)6-9(15-10)13-4-5-19(16,17)12-2/h6,12H,3-5,7H2,1-2H3,(H3,11,13,14,15). The zero-order valence-electron chi connectivity index (χ0n) is 11.0. The summed E-state index contributed by atoms with van der Waals surface area (Å²) in [5.74, 6) is 1.20. The van der Waals surface area contributed by atoms with E-state index in [-0.39, 0.29) is 18.9 Å². The second-order valence-electron chi connectivity index (χ2n) is 3.68. The molecule has 108 valence electrons. The van der Waals surface area contributed by atoms with E-state index in [1.54, 1.807) is 6.07 Å². The highest BCUT2D eigenvalue weighted by molar-refractivity contribution is 7.89. The Morgan fingerprint density at radius 3 is 2.79 bits per heavy atom. The third-order valence-corrected chi connectivity index (χ3v) is 3.58. The highest BCUT2D eigenvalue weighted by Gasteiger charge is 2.07. The lowest BCUT2D eigenvalue weighted by Gasteiger charge is -2.08. The largest absolute Gasteiger partial charge is 0.384 e. The van der Waals surface area contributed by atoms with Crippen molar-refractivity contribution in [1.82, 2.24) is 14.7 Å². The minimum absolute atomic E-state index is 0.0474. The molecule has 8 nitrogen and oxygen atoms in total. The van der Waals surface area contributed by atoms with Crippen LogP contribution in [0.15, 0.2) is 6.07 Å². The third-order valence-electron chi connectivity index (χ3n) is 2.22. The number of hydrogen-bond acceptors (Lipinski definition) is 7. The molecular formula is C10H19N5O3S. The van der Waals surface area contributed by atoms with Gasteiger partial charge in [0.25, 0.3) is 0 Å². The number of nitrogens with one attached hydrogen (secondary N) is 2. The summed E-state index contributed by atoms with van der Waals surface area (Å²) in [4.78, 5) is 8.19. The molecule has 4 N–H and O–H groups in total. The predicted octanol–water partition coefficient (Wildman–Crippen LogP) is -0.444. The minimum Gasteiger partial charge on any atom is -0.384 e. The molecular weight excluding hydrogens is 270 g/mol. The summed E-state index contributed by atoms with van der Waals surface area (Å²) in [6.07, 6.45) is 0. The average Bonchev–Trinajstić information content (AvgIpc) is 2.35. The van der Waals surface area contributed by atoms with Gasteiger partial charge in [-0.05, 0) is 14.0 Å². The van der Waals surface area contributed by atoms with Crippen molar-refractivity contribution in [2.75, 3.05) is 37.0 Å². The Kier molecular flexibility index (Phi) is 5.93. The fourth-order valence-corrected chi connectivity index (χ4v) is 1.86. The van der Waals surface area contributed by atoms with Gasteiger partial charge in [0.2, 0.25) is 10.0 Å². The van der Waals surface area contributed by atoms with Crippen LogP contribution in [0.2, 0.25) is 0 Å². The van der Waals surface area contributed by atoms with Crippen LogP contribution >= 0.6 is 0 Å². The summed E-state index contributed by atoms with van der Waals surface area (Å²) in [7, 11) is -1.86. The van der Waals surface area contributed by atoms with E-state index in [0.717, 1.165) is 0 Å². The van der Waals surface area contributed by atoms with E-state index in [4.69, 9.17) is 10.5 Å². The first-order chi connectivity index (χ1) is 8.96. The highest BCUT2D eigenvalue weighted by Crippen LogP contribution is 2.08. The molecule has 0 atom stereocenters. The molecule has 0 fully saturated rings. The second-order valence-corrected chi connectivity index (χ2v) is 5.73. The number of anilines is 2. The summed E-state index contributed by atoms with van der Waals surface area (Å²) >= 11 is 0. The van der Waals surface area contributed by atoms with Gasteiger partial charge >= 0.3 is 0 Å². The zero-order valence-corrected chi connectivity index (χ0v) is 11.8. The van der Waals surface area contributed by atoms with Gasteiger partial charge in [0, 0.05) is 19.2 Å². The predicted molar refractivity (Wildman–Crippen MR) is 73.1 cm³/mol. The first-order valence-corrected chi connectivity index (χ1v) is 7.48. The number of nitrogen functional groups attached to an aromatic ring is 1. The second kappa shape index (κ2) is 7.22. The first-order valence-electron chi connectivity index (χ1n) is 5.83. The molecule has 9 heteroatoms. The van der Waals surface area contributed by atoms with Crippen molar-refractivity contribution in [1.29, 1.82) is 0 Å². The van der Waals surface area contributed by atoms with Crippen molar-refractivity contribution in [3.05, 3.63) is 11.9 Å². The average molecular weight is 289 g/mol. The van der Waals surface area contributed by atoms with Crippen LogP contribution in [-0.2, 0) is 21.4 Å². The van der Waals surface area contributed by atoms with Gasteiger partial charge in [0.15, 0.2) is 5.82 Å². The van der Waals surface area contributed by atoms with Crippen LogP contribution < -0.4 is 15.8 Å². The quantitative estimate of drug-likeness (QED) is 0.593. The summed E-state index contributed by atoms with van der Waals surface area (Å²) in [5.41, 5.74) is 5.64. The van der Waals surface area contributed by atoms with E-state index < -0.39 is 10.0 Å². The minimum atomic E-state index is -3.24. The lowest BCUT2D eigenvalue weighted by atomic mass is 10.5. The molecule has 1 rings (SSSR count). The van der Waals surface area contributed by atoms with E-state index in [0.29, 0.717) is 24.1 Å². The molecule has 0 spiro atoms. The Hall–Kier alpha value is -1.45. The Labute approximate surface area is 112 Å². The third kappa shape index (κ3) is 5.81. The maximum absolute atomic E-state index is 11.2. The number of sulfonamides is 1. The molecule has 0 unspecified atom stereocenters. The topological polar surface area (TPSA) is 119 Å². The summed E-state index contributed by atoms with van der Waals surface area (Å²) in [6.45, 7) is 2.92. The summed E-state index contributed by atoms with van der Waals surface area (Å²) < 4.78 is 29.9. The molecule has 0 amide bonds. The van der Waals surface area contributed by atoms with Gasteiger partial charge in [-0.1, -0.05) is 0 Å². The molecule has 0 aliphatic carbocycles. The van der Waals surface area contributed by atoms with Crippen molar-refractivity contribution < 1.29 is 13.2 Å². The number of nitrogens with zero attached hydrogens (tertiary/aromatic N) is 2. The molecule has 1 aromatic rings. The van der Waals surface area contributed by atoms with Gasteiger partial charge in [-0.3, -0.25) is 0 Å². The number of nitrogens with two attached hydrogens (primary N) is 1. The van der Waals surface area contributed by atoms with E-state index in [2.05, 4.69) is 20.0 Å². The van der Waals surface area contributed by atoms with Crippen LogP contribution in [0, 0.1) is 0 Å². The highest BCUT2D eigenvalue weighted by atomic mass is 32.2. The number of ether oxygens (including phenoxy) is 1. The van der Waals surface area contributed by atoms with E-state index >= 15 is 0 Å². The molecule has 0 radical (unpaired) electrons. The zero-order chi connectivity index (χ0) is 14.3. The summed E-state index contributed by atoms with van der Waals surface area (Å²) in [5, 5.41) is 2.89. The van der Waals surface area contributed by atoms with Crippen LogP contribution in [-0.4, -0.2) is 44.3 Å². The van der Waals surface area contributed by atoms with Gasteiger partial charge < -0.3 is 15.8 Å². The molecule has 0 aromatic carbocycles. The molecule has 1 heterocycles. The monoisotopic (exact) mass is 289 g/mol. The molecule has 0 saturated carbocycles. The number of hydrogen-bond donors (Lipinski definition) is 3. The fourth-order valence-electron chi connectivity index (χ4n) is 1.28. The van der Waals surface area contributed by atoms with Gasteiger partial charge in [-0.25, -0.2) is 23.1 Å². The molecule has 0 saturated heterocycles. The Morgan fingerprint density at radius 2 is 2.16 bits per heavy atom. The number of rotatable bonds is 8. The molecule has 0 aliphatic heterocycles. The van der Waals surface area contributed by atoms with Crippen LogP contribution in [0.4, 0.5) is 11.6 Å². The van der Waals surface area contributed by atoms with Gasteiger partial charge in [0.1, 0.15) is 18.2 Å². The van der Waals surface area contributed by atoms with E-state index in [9.17, 15) is 8.42 Å². The summed E-state index contributed by atoms with van der Waals surface area (Å²) in [6, 6.07) is 1.54. The molecule has 0 bridgehead atoms. The molecule has 0 aliphatic rings. The van der Waals surface area contributed by atoms with Crippen LogP contribution in [0.5, 0.6) is 0 Å². The number of aromatic nitrogens is 2. The first kappa shape index (κ1) is 15.6. The Bertz CT molecular complexity index is 506. The van der Waals surface area contributed by atoms with Crippen LogP contribution in [0.25, 0.3) is 0 Å². The maximum Gasteiger partial charge on any atom is 0.213 e. The van der Waals surface area contributed by atoms with Gasteiger partial charge in [-0.2, -0.15) is 0 Å². The van der Waals surface area contributed by atoms with Gasteiger partial charge in [-0.15, -0.1) is 0 Å². The lowest BCUT2D eigenvalue weighted by molar-refractivity contribution is 0.128. The van der Waals surface area contributed by atoms with Crippen LogP contribution in [0.1, 0.15) is 12.7 Å². The van der Waals surface area contributed by atoms with Gasteiger partial charge in [0.05, 0.1) is 5.75 Å². The van der Waals surface area contributed by atoms with Crippen molar-refractivity contribution in [2.24, 2.45) is 0 Å². The maximum atomic E-state index is 11.2. The normalized spacial score (nSPS) is 11.5. The Morgan fingerprint density at radius 1 is 1.42 bits per heavy atom. The van der Waals surface area contributed by atoms with Crippen molar-refractivity contribution in [3.8, 4) is 0 Å². The van der Waals surface area contributed by atoms with Crippen LogP contribution in [0.3, 0.4) is 0 Å². The molecule has 1 aromatic heterocycles. The SMILES string of the molecule is CCOCc1nc(N)cc(NCCS(=O)(=O)NC)n1. The fraction of sp³-hybridized carbons (Fsp3) is 0.600. The van der Waals surface area contributed by atoms with Crippen molar-refractivity contribution in [3.63, 3.8) is 0 Å². The molecule has 19 heavy (non-hydrogen) atoms. The van der Waals surface area contributed by atoms with E-state index in [1.165, 1.54) is 7.05 Å².